The Balaban J connectivity index is 2.24. The summed E-state index contributed by atoms with van der Waals surface area (Å²) < 4.78 is 6.07. The van der Waals surface area contributed by atoms with Gasteiger partial charge in [-0.05, 0) is 50.3 Å². The highest BCUT2D eigenvalue weighted by Crippen LogP contribution is 2.40. The Morgan fingerprint density at radius 1 is 1.05 bits per heavy atom. The smallest absolute Gasteiger partial charge is 0.0600 e. The zero-order chi connectivity index (χ0) is 15.4. The van der Waals surface area contributed by atoms with Crippen LogP contribution in [0.3, 0.4) is 0 Å². The van der Waals surface area contributed by atoms with E-state index in [2.05, 4.69) is 64.2 Å². The summed E-state index contributed by atoms with van der Waals surface area (Å²) in [4.78, 5) is 0. The Labute approximate surface area is 130 Å². The number of hydrogen-bond donors (Lipinski definition) is 1. The van der Waals surface area contributed by atoms with Crippen LogP contribution in [0, 0.1) is 11.8 Å². The first-order chi connectivity index (χ1) is 10.1. The summed E-state index contributed by atoms with van der Waals surface area (Å²) in [6, 6.07) is 9.53. The molecule has 1 aliphatic rings. The van der Waals surface area contributed by atoms with E-state index < -0.39 is 0 Å². The quantitative estimate of drug-likeness (QED) is 0.840. The third-order valence-electron chi connectivity index (χ3n) is 5.07. The van der Waals surface area contributed by atoms with Gasteiger partial charge in [0.25, 0.3) is 0 Å². The van der Waals surface area contributed by atoms with E-state index in [4.69, 9.17) is 4.74 Å². The van der Waals surface area contributed by atoms with Gasteiger partial charge >= 0.3 is 0 Å². The van der Waals surface area contributed by atoms with Crippen LogP contribution in [0.25, 0.3) is 0 Å². The lowest BCUT2D eigenvalue weighted by molar-refractivity contribution is 0.0475. The summed E-state index contributed by atoms with van der Waals surface area (Å²) >= 11 is 0. The molecular formula is C19H31NO. The molecule has 1 fully saturated rings. The molecule has 2 heteroatoms. The molecule has 1 aromatic carbocycles. The second-order valence-corrected chi connectivity index (χ2v) is 6.51. The number of rotatable bonds is 6. The Hall–Kier alpha value is -0.860. The topological polar surface area (TPSA) is 21.3 Å². The van der Waals surface area contributed by atoms with Crippen molar-refractivity contribution in [2.24, 2.45) is 11.8 Å². The van der Waals surface area contributed by atoms with Gasteiger partial charge in [-0.25, -0.2) is 0 Å². The van der Waals surface area contributed by atoms with E-state index >= 15 is 0 Å². The van der Waals surface area contributed by atoms with Crippen molar-refractivity contribution in [3.63, 3.8) is 0 Å². The van der Waals surface area contributed by atoms with Crippen LogP contribution in [0.5, 0.6) is 0 Å². The molecule has 1 aromatic rings. The fraction of sp³-hybridized carbons (Fsp3) is 0.684. The van der Waals surface area contributed by atoms with Crippen LogP contribution in [0.15, 0.2) is 24.3 Å². The molecule has 0 saturated carbocycles. The first-order valence-corrected chi connectivity index (χ1v) is 8.56. The second-order valence-electron chi connectivity index (χ2n) is 6.51. The monoisotopic (exact) mass is 289 g/mol. The van der Waals surface area contributed by atoms with Gasteiger partial charge in [-0.15, -0.1) is 0 Å². The van der Waals surface area contributed by atoms with Gasteiger partial charge in [-0.2, -0.15) is 0 Å². The van der Waals surface area contributed by atoms with E-state index in [0.717, 1.165) is 19.4 Å². The Morgan fingerprint density at radius 2 is 1.71 bits per heavy atom. The van der Waals surface area contributed by atoms with E-state index in [-0.39, 0.29) is 0 Å². The molecule has 5 unspecified atom stereocenters. The van der Waals surface area contributed by atoms with Gasteiger partial charge in [0.05, 0.1) is 12.2 Å². The molecule has 1 aliphatic heterocycles. The first-order valence-electron chi connectivity index (χ1n) is 8.56. The largest absolute Gasteiger partial charge is 0.375 e. The van der Waals surface area contributed by atoms with Crippen molar-refractivity contribution in [3.8, 4) is 0 Å². The number of nitrogens with one attached hydrogen (secondary N) is 1. The minimum absolute atomic E-state index is 0.315. The highest BCUT2D eigenvalue weighted by atomic mass is 16.5. The van der Waals surface area contributed by atoms with Gasteiger partial charge in [0.15, 0.2) is 0 Å². The molecule has 1 saturated heterocycles. The molecule has 0 bridgehead atoms. The van der Waals surface area contributed by atoms with Crippen LogP contribution >= 0.6 is 0 Å². The maximum Gasteiger partial charge on any atom is 0.0600 e. The average molecular weight is 289 g/mol. The molecule has 0 spiro atoms. The Kier molecular flexibility index (Phi) is 5.83. The van der Waals surface area contributed by atoms with Crippen LogP contribution in [-0.4, -0.2) is 18.8 Å². The summed E-state index contributed by atoms with van der Waals surface area (Å²) in [7, 11) is 0. The molecule has 5 atom stereocenters. The molecule has 21 heavy (non-hydrogen) atoms. The molecule has 2 nitrogen and oxygen atoms in total. The number of benzene rings is 1. The fourth-order valence-corrected chi connectivity index (χ4v) is 3.60. The minimum atomic E-state index is 0.315. The maximum absolute atomic E-state index is 6.07. The van der Waals surface area contributed by atoms with E-state index in [0.29, 0.717) is 30.1 Å². The van der Waals surface area contributed by atoms with Crippen LogP contribution in [0.4, 0.5) is 0 Å². The van der Waals surface area contributed by atoms with E-state index in [1.807, 2.05) is 0 Å². The Bertz CT molecular complexity index is 428. The Morgan fingerprint density at radius 3 is 2.19 bits per heavy atom. The van der Waals surface area contributed by atoms with Crippen molar-refractivity contribution in [3.05, 3.63) is 35.4 Å². The predicted molar refractivity (Wildman–Crippen MR) is 89.5 cm³/mol. The van der Waals surface area contributed by atoms with Crippen molar-refractivity contribution in [2.45, 2.75) is 65.7 Å². The predicted octanol–water partition coefficient (Wildman–Crippen LogP) is 4.35. The van der Waals surface area contributed by atoms with Crippen LogP contribution in [-0.2, 0) is 11.2 Å². The normalized spacial score (nSPS) is 30.5. The van der Waals surface area contributed by atoms with Crippen LogP contribution < -0.4 is 5.32 Å². The molecule has 0 aliphatic carbocycles. The minimum Gasteiger partial charge on any atom is -0.375 e. The lowest BCUT2D eigenvalue weighted by atomic mass is 9.80. The van der Waals surface area contributed by atoms with Crippen molar-refractivity contribution in [2.75, 3.05) is 6.54 Å². The lowest BCUT2D eigenvalue weighted by Crippen LogP contribution is -2.35. The van der Waals surface area contributed by atoms with Crippen molar-refractivity contribution < 1.29 is 4.74 Å². The summed E-state index contributed by atoms with van der Waals surface area (Å²) in [5.74, 6) is 1.12. The third kappa shape index (κ3) is 3.67. The van der Waals surface area contributed by atoms with E-state index in [1.165, 1.54) is 11.1 Å². The molecule has 0 aromatic heterocycles. The van der Waals surface area contributed by atoms with Crippen LogP contribution in [0.1, 0.15) is 58.2 Å². The van der Waals surface area contributed by atoms with Gasteiger partial charge in [-0.3, -0.25) is 0 Å². The molecule has 2 rings (SSSR count). The summed E-state index contributed by atoms with van der Waals surface area (Å²) in [5, 5.41) is 3.77. The molecule has 1 heterocycles. The summed E-state index contributed by atoms with van der Waals surface area (Å²) in [6.45, 7) is 12.3. The average Bonchev–Trinajstić information content (AvgIpc) is 2.74. The van der Waals surface area contributed by atoms with Gasteiger partial charge in [0.2, 0.25) is 0 Å². The van der Waals surface area contributed by atoms with Gasteiger partial charge in [0, 0.05) is 12.0 Å². The van der Waals surface area contributed by atoms with Crippen molar-refractivity contribution >= 4 is 0 Å². The molecule has 118 valence electrons. The third-order valence-corrected chi connectivity index (χ3v) is 5.07. The molecular weight excluding hydrogens is 258 g/mol. The maximum atomic E-state index is 6.07. The number of ether oxygens (including phenoxy) is 1. The fourth-order valence-electron chi connectivity index (χ4n) is 3.60. The highest BCUT2D eigenvalue weighted by molar-refractivity contribution is 5.26. The van der Waals surface area contributed by atoms with Gasteiger partial charge in [-0.1, -0.05) is 45.0 Å². The lowest BCUT2D eigenvalue weighted by Gasteiger charge is -2.30. The molecule has 0 amide bonds. The summed E-state index contributed by atoms with van der Waals surface area (Å²) in [5.41, 5.74) is 2.81. The SMILES string of the molecule is CCCNC(c1ccc(CC)cc1)C1C(C)OC(C)C1C. The van der Waals surface area contributed by atoms with Crippen LogP contribution in [0.2, 0.25) is 0 Å². The van der Waals surface area contributed by atoms with E-state index in [9.17, 15) is 0 Å². The highest BCUT2D eigenvalue weighted by Gasteiger charge is 2.41. The van der Waals surface area contributed by atoms with Crippen molar-refractivity contribution in [1.29, 1.82) is 0 Å². The summed E-state index contributed by atoms with van der Waals surface area (Å²) in [6.07, 6.45) is 2.93. The van der Waals surface area contributed by atoms with Crippen molar-refractivity contribution in [1.82, 2.24) is 5.32 Å². The zero-order valence-corrected chi connectivity index (χ0v) is 14.2. The molecule has 1 N–H and O–H groups in total. The van der Waals surface area contributed by atoms with Gasteiger partial charge in [0.1, 0.15) is 0 Å². The first kappa shape index (κ1) is 16.5. The van der Waals surface area contributed by atoms with Gasteiger partial charge < -0.3 is 10.1 Å². The standard InChI is InChI=1S/C19H31NO/c1-6-12-20-19(17-10-8-16(7-2)9-11-17)18-13(3)14(4)21-15(18)5/h8-11,13-15,18-20H,6-7,12H2,1-5H3. The second kappa shape index (κ2) is 7.42. The van der Waals surface area contributed by atoms with E-state index in [1.54, 1.807) is 0 Å². The zero-order valence-electron chi connectivity index (χ0n) is 14.2. The number of hydrogen-bond acceptors (Lipinski definition) is 2. The molecule has 0 radical (unpaired) electrons. The number of aryl methyl sites for hydroxylation is 1.